The Bertz CT molecular complexity index is 293. The van der Waals surface area contributed by atoms with E-state index in [0.29, 0.717) is 0 Å². The van der Waals surface area contributed by atoms with Gasteiger partial charge in [-0.15, -0.1) is 23.2 Å². The molecule has 8 heteroatoms. The number of aromatic amines is 2. The summed E-state index contributed by atoms with van der Waals surface area (Å²) in [5.74, 6) is 0. The minimum absolute atomic E-state index is 0.194. The van der Waals surface area contributed by atoms with E-state index in [1.54, 1.807) is 0 Å². The first-order chi connectivity index (χ1) is 9.15. The summed E-state index contributed by atoms with van der Waals surface area (Å²) in [5, 5.41) is 0.194. The van der Waals surface area contributed by atoms with E-state index in [2.05, 4.69) is 9.97 Å². The number of hydrogen-bond donors (Lipinski definition) is 0. The topological polar surface area (TPSA) is 91.5 Å². The molecule has 2 N–H and O–H groups in total. The molecule has 0 saturated carbocycles. The van der Waals surface area contributed by atoms with Gasteiger partial charge in [-0.1, -0.05) is 16.7 Å². The highest BCUT2D eigenvalue weighted by Gasteiger charge is 1.66. The summed E-state index contributed by atoms with van der Waals surface area (Å²) in [6, 6.07) is 11.7. The van der Waals surface area contributed by atoms with Crippen LogP contribution in [0.1, 0.15) is 0 Å². The molecule has 0 aliphatic carbocycles. The second-order valence-corrected chi connectivity index (χ2v) is 3.73. The monoisotopic (exact) mass is 323 g/mol. The van der Waals surface area contributed by atoms with E-state index in [1.165, 1.54) is 0 Å². The Hall–Kier alpha value is -1.10. The molecule has 2 heterocycles. The van der Waals surface area contributed by atoms with Gasteiger partial charge in [-0.2, -0.15) is 0 Å². The SMILES string of the molecule is ClCCl.O=[P+]([O-])[O-].c1cc[nH+]cc1.c1cc[nH+]cc1. The van der Waals surface area contributed by atoms with Gasteiger partial charge in [0.2, 0.25) is 0 Å². The van der Waals surface area contributed by atoms with E-state index in [9.17, 15) is 0 Å². The molecule has 2 aromatic heterocycles. The number of nitrogens with one attached hydrogen (secondary N) is 2. The van der Waals surface area contributed by atoms with Gasteiger partial charge in [-0.3, -0.25) is 0 Å². The van der Waals surface area contributed by atoms with Crippen LogP contribution in [-0.4, -0.2) is 5.34 Å². The second-order valence-electron chi connectivity index (χ2n) is 2.48. The molecule has 19 heavy (non-hydrogen) atoms. The lowest BCUT2D eigenvalue weighted by Crippen LogP contribution is -1.97. The summed E-state index contributed by atoms with van der Waals surface area (Å²) in [5.41, 5.74) is 0. The molecule has 0 radical (unpaired) electrons. The second kappa shape index (κ2) is 19.2. The van der Waals surface area contributed by atoms with Crippen LogP contribution in [0.5, 0.6) is 0 Å². The highest BCUT2D eigenvalue weighted by Crippen LogP contribution is 1.79. The molecule has 0 aliphatic heterocycles. The number of pyridine rings is 2. The van der Waals surface area contributed by atoms with E-state index < -0.39 is 8.25 Å². The molecule has 5 nitrogen and oxygen atoms in total. The maximum absolute atomic E-state index is 8.48. The Morgan fingerprint density at radius 1 is 0.789 bits per heavy atom. The molecule has 2 rings (SSSR count). The summed E-state index contributed by atoms with van der Waals surface area (Å²) in [4.78, 5) is 22.7. The number of H-pyrrole nitrogens is 2. The molecule has 104 valence electrons. The number of aromatic nitrogens is 2. The molecule has 0 aliphatic rings. The Morgan fingerprint density at radius 2 is 1.00 bits per heavy atom. The van der Waals surface area contributed by atoms with Gasteiger partial charge in [0.15, 0.2) is 24.8 Å². The van der Waals surface area contributed by atoms with E-state index >= 15 is 0 Å². The summed E-state index contributed by atoms with van der Waals surface area (Å²) in [6.45, 7) is 0. The molecule has 0 aromatic carbocycles. The molecule has 0 saturated heterocycles. The van der Waals surface area contributed by atoms with Crippen molar-refractivity contribution >= 4 is 31.5 Å². The fraction of sp³-hybridized carbons (Fsp3) is 0.0909. The van der Waals surface area contributed by atoms with Crippen LogP contribution in [0.25, 0.3) is 0 Å². The van der Waals surface area contributed by atoms with Crippen LogP contribution >= 0.6 is 31.5 Å². The summed E-state index contributed by atoms with van der Waals surface area (Å²) in [6.07, 6.45) is 7.50. The van der Waals surface area contributed by atoms with Crippen molar-refractivity contribution in [1.29, 1.82) is 0 Å². The lowest BCUT2D eigenvalue weighted by Gasteiger charge is -1.75. The predicted octanol–water partition coefficient (Wildman–Crippen LogP) is 0.787. The van der Waals surface area contributed by atoms with Crippen molar-refractivity contribution in [3.8, 4) is 0 Å². The molecule has 0 amide bonds. The van der Waals surface area contributed by atoms with Crippen LogP contribution in [0.3, 0.4) is 0 Å². The van der Waals surface area contributed by atoms with Gasteiger partial charge >= 0.3 is 0 Å². The van der Waals surface area contributed by atoms with Gasteiger partial charge in [0, 0.05) is 24.3 Å². The summed E-state index contributed by atoms with van der Waals surface area (Å²) in [7, 11) is -3.37. The van der Waals surface area contributed by atoms with Gasteiger partial charge in [0.25, 0.3) is 8.25 Å². The van der Waals surface area contributed by atoms with Crippen LogP contribution in [0.2, 0.25) is 0 Å². The van der Waals surface area contributed by atoms with Crippen LogP contribution in [0.4, 0.5) is 0 Å². The molecular weight excluding hydrogens is 310 g/mol. The van der Waals surface area contributed by atoms with Crippen LogP contribution in [-0.2, 0) is 4.57 Å². The predicted molar refractivity (Wildman–Crippen MR) is 70.2 cm³/mol. The van der Waals surface area contributed by atoms with Gasteiger partial charge in [0.05, 0.1) is 5.34 Å². The van der Waals surface area contributed by atoms with Crippen LogP contribution in [0, 0.1) is 0 Å². The van der Waals surface area contributed by atoms with Crippen LogP contribution in [0.15, 0.2) is 61.2 Å². The highest BCUT2D eigenvalue weighted by molar-refractivity contribution is 7.27. The van der Waals surface area contributed by atoms with E-state index in [1.807, 2.05) is 61.2 Å². The Morgan fingerprint density at radius 3 is 1.05 bits per heavy atom. The zero-order valence-corrected chi connectivity index (χ0v) is 12.3. The molecule has 0 fully saturated rings. The third kappa shape index (κ3) is 31.6. The quantitative estimate of drug-likeness (QED) is 0.530. The average Bonchev–Trinajstić information content (AvgIpc) is 2.44. The van der Waals surface area contributed by atoms with Gasteiger partial charge in [0.1, 0.15) is 0 Å². The largest absolute Gasteiger partial charge is 0.598 e. The van der Waals surface area contributed by atoms with Crippen molar-refractivity contribution in [2.75, 3.05) is 5.34 Å². The van der Waals surface area contributed by atoms with Crippen molar-refractivity contribution in [2.24, 2.45) is 0 Å². The molecular formula is C11H14Cl2N2O3P+. The van der Waals surface area contributed by atoms with Crippen LogP contribution < -0.4 is 19.8 Å². The standard InChI is InChI=1S/2C5H5N.CH2Cl2.HO3P/c2*1-2-4-6-5-3-1;2-1-3;1-4(2)3/h2*1-5H;1H2;(H,1,2,3)/p+1. The van der Waals surface area contributed by atoms with Gasteiger partial charge < -0.3 is 9.79 Å². The number of rotatable bonds is 0. The minimum atomic E-state index is -3.37. The third-order valence-electron chi connectivity index (χ3n) is 1.21. The fourth-order valence-electron chi connectivity index (χ4n) is 0.684. The summed E-state index contributed by atoms with van der Waals surface area (Å²) >= 11 is 9.53. The number of halogens is 2. The molecule has 0 bridgehead atoms. The van der Waals surface area contributed by atoms with E-state index in [0.717, 1.165) is 0 Å². The first-order valence-electron chi connectivity index (χ1n) is 4.90. The third-order valence-corrected chi connectivity index (χ3v) is 1.21. The van der Waals surface area contributed by atoms with Crippen molar-refractivity contribution in [3.63, 3.8) is 0 Å². The zero-order chi connectivity index (χ0) is 14.8. The molecule has 2 aromatic rings. The molecule has 0 atom stereocenters. The Kier molecular flexibility index (Phi) is 20.5. The summed E-state index contributed by atoms with van der Waals surface area (Å²) < 4.78 is 8.48. The van der Waals surface area contributed by atoms with Gasteiger partial charge in [-0.25, -0.2) is 9.97 Å². The smallest absolute Gasteiger partial charge is 0.276 e. The van der Waals surface area contributed by atoms with E-state index in [-0.39, 0.29) is 5.34 Å². The van der Waals surface area contributed by atoms with Crippen molar-refractivity contribution in [2.45, 2.75) is 0 Å². The lowest BCUT2D eigenvalue weighted by molar-refractivity contribution is -0.378. The normalized spacial score (nSPS) is 7.37. The molecule has 0 unspecified atom stereocenters. The number of alkyl halides is 2. The van der Waals surface area contributed by atoms with Gasteiger partial charge in [-0.05, 0) is 0 Å². The first-order valence-corrected chi connectivity index (χ1v) is 7.07. The Balaban J connectivity index is 0. The van der Waals surface area contributed by atoms with E-state index in [4.69, 9.17) is 37.6 Å². The highest BCUT2D eigenvalue weighted by atomic mass is 35.5. The molecule has 0 spiro atoms. The Labute approximate surface area is 122 Å². The maximum Gasteiger partial charge on any atom is 0.276 e. The first kappa shape index (κ1) is 20.2. The zero-order valence-electron chi connectivity index (χ0n) is 9.91. The number of hydrogen-bond acceptors (Lipinski definition) is 3. The average molecular weight is 324 g/mol. The van der Waals surface area contributed by atoms with Crippen molar-refractivity contribution in [1.82, 2.24) is 0 Å². The maximum atomic E-state index is 8.48. The fourth-order valence-corrected chi connectivity index (χ4v) is 0.684. The van der Waals surface area contributed by atoms with Crippen molar-refractivity contribution < 1.29 is 24.3 Å². The minimum Gasteiger partial charge on any atom is -0.598 e. The van der Waals surface area contributed by atoms with Crippen molar-refractivity contribution in [3.05, 3.63) is 61.2 Å². The lowest BCUT2D eigenvalue weighted by atomic mass is 10.5.